The Hall–Kier alpha value is -3.42. The van der Waals surface area contributed by atoms with Crippen molar-refractivity contribution in [3.63, 3.8) is 0 Å². The van der Waals surface area contributed by atoms with Gasteiger partial charge in [0.1, 0.15) is 5.75 Å². The number of nitro benzene ring substituents is 1. The molecule has 0 radical (unpaired) electrons. The van der Waals surface area contributed by atoms with Gasteiger partial charge in [-0.2, -0.15) is 5.01 Å². The highest BCUT2D eigenvalue weighted by Gasteiger charge is 2.45. The molecule has 0 saturated carbocycles. The summed E-state index contributed by atoms with van der Waals surface area (Å²) < 4.78 is 11.6. The van der Waals surface area contributed by atoms with Crippen LogP contribution in [0.4, 0.5) is 5.69 Å². The van der Waals surface area contributed by atoms with Crippen LogP contribution in [0.1, 0.15) is 25.0 Å². The van der Waals surface area contributed by atoms with Crippen LogP contribution in [0.2, 0.25) is 0 Å². The van der Waals surface area contributed by atoms with Crippen molar-refractivity contribution in [3.8, 4) is 5.75 Å². The third kappa shape index (κ3) is 3.74. The van der Waals surface area contributed by atoms with Crippen LogP contribution in [0.3, 0.4) is 0 Å². The van der Waals surface area contributed by atoms with E-state index in [0.717, 1.165) is 5.56 Å². The predicted octanol–water partition coefficient (Wildman–Crippen LogP) is 3.35. The van der Waals surface area contributed by atoms with Crippen molar-refractivity contribution >= 4 is 17.5 Å². The van der Waals surface area contributed by atoms with Crippen molar-refractivity contribution in [2.45, 2.75) is 26.5 Å². The second-order valence-electron chi connectivity index (χ2n) is 6.32. The molecule has 0 spiro atoms. The van der Waals surface area contributed by atoms with Gasteiger partial charge in [0.05, 0.1) is 4.92 Å². The zero-order valence-corrected chi connectivity index (χ0v) is 15.2. The summed E-state index contributed by atoms with van der Waals surface area (Å²) in [6, 6.07) is 13.5. The van der Waals surface area contributed by atoms with Crippen LogP contribution >= 0.6 is 0 Å². The predicted molar refractivity (Wildman–Crippen MR) is 98.2 cm³/mol. The minimum absolute atomic E-state index is 0.0255. The molecule has 1 unspecified atom stereocenters. The number of amides is 1. The van der Waals surface area contributed by atoms with Gasteiger partial charge in [0.15, 0.2) is 6.61 Å². The highest BCUT2D eigenvalue weighted by atomic mass is 16.6. The molecule has 2 aromatic carbocycles. The van der Waals surface area contributed by atoms with Gasteiger partial charge >= 0.3 is 0 Å². The molecule has 1 aliphatic rings. The molecule has 0 aliphatic carbocycles. The number of aryl methyl sites for hydroxylation is 1. The first-order valence-electron chi connectivity index (χ1n) is 8.31. The van der Waals surface area contributed by atoms with Crippen molar-refractivity contribution in [1.82, 2.24) is 5.01 Å². The largest absolute Gasteiger partial charge is 0.484 e. The van der Waals surface area contributed by atoms with Gasteiger partial charge in [0, 0.05) is 31.5 Å². The standard InChI is InChI=1S/C19H19N3O5/c1-13-6-4-9-17(10-13)26-12-18-20-21(14(2)23)19(3,27-18)15-7-5-8-16(11-15)22(24)25/h4-11H,12H2,1-3H3. The topological polar surface area (TPSA) is 94.3 Å². The van der Waals surface area contributed by atoms with Crippen LogP contribution in [0.15, 0.2) is 53.6 Å². The first-order valence-corrected chi connectivity index (χ1v) is 8.31. The van der Waals surface area contributed by atoms with Gasteiger partial charge in [0.2, 0.25) is 17.5 Å². The van der Waals surface area contributed by atoms with Crippen molar-refractivity contribution in [3.05, 3.63) is 69.8 Å². The number of hydrogen-bond acceptors (Lipinski definition) is 6. The molecule has 8 heteroatoms. The van der Waals surface area contributed by atoms with Gasteiger partial charge in [-0.3, -0.25) is 14.9 Å². The zero-order chi connectivity index (χ0) is 19.6. The summed E-state index contributed by atoms with van der Waals surface area (Å²) in [6.07, 6.45) is 0. The van der Waals surface area contributed by atoms with E-state index in [2.05, 4.69) is 5.10 Å². The second-order valence-corrected chi connectivity index (χ2v) is 6.32. The second kappa shape index (κ2) is 7.06. The monoisotopic (exact) mass is 369 g/mol. The minimum Gasteiger partial charge on any atom is -0.484 e. The van der Waals surface area contributed by atoms with Crippen LogP contribution in [-0.2, 0) is 15.3 Å². The number of ether oxygens (including phenoxy) is 2. The summed E-state index contributed by atoms with van der Waals surface area (Å²) >= 11 is 0. The maximum absolute atomic E-state index is 12.1. The third-order valence-corrected chi connectivity index (χ3v) is 4.17. The number of carbonyl (C=O) groups is 1. The Bertz CT molecular complexity index is 927. The molecule has 1 heterocycles. The molecule has 0 N–H and O–H groups in total. The molecule has 140 valence electrons. The van der Waals surface area contributed by atoms with E-state index in [9.17, 15) is 14.9 Å². The molecule has 3 rings (SSSR count). The molecule has 1 atom stereocenters. The number of benzene rings is 2. The lowest BCUT2D eigenvalue weighted by atomic mass is 10.0. The molecule has 8 nitrogen and oxygen atoms in total. The molecule has 27 heavy (non-hydrogen) atoms. The number of carbonyl (C=O) groups excluding carboxylic acids is 1. The summed E-state index contributed by atoms with van der Waals surface area (Å²) in [7, 11) is 0. The normalized spacial score (nSPS) is 18.6. The molecule has 2 aromatic rings. The first-order chi connectivity index (χ1) is 12.8. The molecular formula is C19H19N3O5. The Morgan fingerprint density at radius 3 is 2.70 bits per heavy atom. The Kier molecular flexibility index (Phi) is 4.81. The van der Waals surface area contributed by atoms with Crippen LogP contribution in [0.5, 0.6) is 5.75 Å². The van der Waals surface area contributed by atoms with E-state index in [1.807, 2.05) is 31.2 Å². The van der Waals surface area contributed by atoms with Gasteiger partial charge in [-0.15, -0.1) is 5.10 Å². The van der Waals surface area contributed by atoms with E-state index in [4.69, 9.17) is 9.47 Å². The average Bonchev–Trinajstić information content (AvgIpc) is 2.98. The minimum atomic E-state index is -1.29. The summed E-state index contributed by atoms with van der Waals surface area (Å²) in [6.45, 7) is 4.97. The van der Waals surface area contributed by atoms with Crippen molar-refractivity contribution in [2.24, 2.45) is 5.10 Å². The average molecular weight is 369 g/mol. The fourth-order valence-electron chi connectivity index (χ4n) is 2.87. The maximum atomic E-state index is 12.1. The molecule has 0 fully saturated rings. The van der Waals surface area contributed by atoms with Crippen LogP contribution < -0.4 is 4.74 Å². The van der Waals surface area contributed by atoms with Gasteiger partial charge in [-0.05, 0) is 24.6 Å². The van der Waals surface area contributed by atoms with Crippen LogP contribution in [-0.4, -0.2) is 28.3 Å². The first kappa shape index (κ1) is 18.4. The smallest absolute Gasteiger partial charge is 0.269 e. The fourth-order valence-corrected chi connectivity index (χ4v) is 2.87. The Morgan fingerprint density at radius 2 is 2.04 bits per heavy atom. The summed E-state index contributed by atoms with van der Waals surface area (Å²) in [5.74, 6) is 0.509. The third-order valence-electron chi connectivity index (χ3n) is 4.17. The molecule has 0 saturated heterocycles. The Labute approximate surface area is 156 Å². The van der Waals surface area contributed by atoms with Gasteiger partial charge < -0.3 is 9.47 Å². The Morgan fingerprint density at radius 1 is 1.30 bits per heavy atom. The SMILES string of the molecule is CC(=O)N1N=C(COc2cccc(C)c2)OC1(C)c1cccc([N+](=O)[O-])c1. The van der Waals surface area contributed by atoms with Crippen LogP contribution in [0.25, 0.3) is 0 Å². The maximum Gasteiger partial charge on any atom is 0.269 e. The van der Waals surface area contributed by atoms with E-state index < -0.39 is 10.6 Å². The molecule has 0 bridgehead atoms. The summed E-state index contributed by atoms with van der Waals surface area (Å²) in [5, 5.41) is 16.5. The van der Waals surface area contributed by atoms with Crippen LogP contribution in [0, 0.1) is 17.0 Å². The number of rotatable bonds is 5. The molecular weight excluding hydrogens is 350 g/mol. The van der Waals surface area contributed by atoms with Crippen molar-refractivity contribution in [1.29, 1.82) is 0 Å². The fraction of sp³-hybridized carbons (Fsp3) is 0.263. The quantitative estimate of drug-likeness (QED) is 0.595. The van der Waals surface area contributed by atoms with Gasteiger partial charge in [-0.25, -0.2) is 0 Å². The van der Waals surface area contributed by atoms with E-state index in [0.29, 0.717) is 11.3 Å². The lowest BCUT2D eigenvalue weighted by molar-refractivity contribution is -0.385. The Balaban J connectivity index is 1.84. The van der Waals surface area contributed by atoms with E-state index in [1.54, 1.807) is 19.1 Å². The highest BCUT2D eigenvalue weighted by molar-refractivity contribution is 5.84. The highest BCUT2D eigenvalue weighted by Crippen LogP contribution is 2.36. The van der Waals surface area contributed by atoms with E-state index >= 15 is 0 Å². The molecule has 1 aliphatic heterocycles. The van der Waals surface area contributed by atoms with E-state index in [1.165, 1.54) is 24.1 Å². The van der Waals surface area contributed by atoms with Crippen molar-refractivity contribution in [2.75, 3.05) is 6.61 Å². The number of non-ortho nitro benzene ring substituents is 1. The number of nitrogens with zero attached hydrogens (tertiary/aromatic N) is 3. The lowest BCUT2D eigenvalue weighted by Gasteiger charge is -2.30. The summed E-state index contributed by atoms with van der Waals surface area (Å²) in [5.41, 5.74) is 0.114. The number of hydrazone groups is 1. The zero-order valence-electron chi connectivity index (χ0n) is 15.2. The van der Waals surface area contributed by atoms with Gasteiger partial charge in [-0.1, -0.05) is 24.3 Å². The summed E-state index contributed by atoms with van der Waals surface area (Å²) in [4.78, 5) is 22.7. The van der Waals surface area contributed by atoms with E-state index in [-0.39, 0.29) is 24.1 Å². The number of nitro groups is 1. The molecule has 1 amide bonds. The van der Waals surface area contributed by atoms with Gasteiger partial charge in [0.25, 0.3) is 5.69 Å². The molecule has 0 aromatic heterocycles. The van der Waals surface area contributed by atoms with Crippen molar-refractivity contribution < 1.29 is 19.2 Å². The number of hydrogen-bond donors (Lipinski definition) is 0. The lowest BCUT2D eigenvalue weighted by Crippen LogP contribution is -2.41.